The fourth-order valence-corrected chi connectivity index (χ4v) is 1.83. The van der Waals surface area contributed by atoms with Crippen LogP contribution in [0.15, 0.2) is 12.3 Å². The molecule has 0 fully saturated rings. The quantitative estimate of drug-likeness (QED) is 0.572. The van der Waals surface area contributed by atoms with Crippen LogP contribution in [0, 0.1) is 0 Å². The number of thioether (sulfide) groups is 1. The van der Waals surface area contributed by atoms with E-state index in [1.807, 2.05) is 11.8 Å². The van der Waals surface area contributed by atoms with Gasteiger partial charge in [0.2, 0.25) is 0 Å². The molecule has 0 aromatic rings. The monoisotopic (exact) mass is 157 g/mol. The minimum atomic E-state index is 0.711. The first-order chi connectivity index (χ1) is 4.74. The topological polar surface area (TPSA) is 3.24 Å². The van der Waals surface area contributed by atoms with Gasteiger partial charge in [-0.3, -0.25) is 0 Å². The summed E-state index contributed by atoms with van der Waals surface area (Å²) in [6.07, 6.45) is 7.93. The lowest BCUT2D eigenvalue weighted by Crippen LogP contribution is -2.30. The molecule has 2 unspecified atom stereocenters. The zero-order valence-electron chi connectivity index (χ0n) is 6.87. The van der Waals surface area contributed by atoms with Gasteiger partial charge in [-0.15, -0.1) is 0 Å². The molecule has 0 saturated carbocycles. The average Bonchev–Trinajstić information content (AvgIpc) is 1.95. The van der Waals surface area contributed by atoms with Crippen molar-refractivity contribution in [1.29, 1.82) is 0 Å². The van der Waals surface area contributed by atoms with Gasteiger partial charge in [0.05, 0.1) is 0 Å². The molecule has 1 rings (SSSR count). The number of nitrogens with zero attached hydrogens (tertiary/aromatic N) is 1. The molecule has 1 aliphatic rings. The van der Waals surface area contributed by atoms with E-state index in [1.54, 1.807) is 0 Å². The van der Waals surface area contributed by atoms with E-state index >= 15 is 0 Å². The van der Waals surface area contributed by atoms with Gasteiger partial charge in [0.25, 0.3) is 0 Å². The average molecular weight is 157 g/mol. The molecule has 10 heavy (non-hydrogen) atoms. The summed E-state index contributed by atoms with van der Waals surface area (Å²) in [6, 6.07) is 0.711. The maximum atomic E-state index is 2.28. The van der Waals surface area contributed by atoms with E-state index in [4.69, 9.17) is 0 Å². The molecule has 1 aliphatic heterocycles. The van der Waals surface area contributed by atoms with Gasteiger partial charge in [-0.25, -0.2) is 0 Å². The minimum absolute atomic E-state index is 0.711. The van der Waals surface area contributed by atoms with Crippen molar-refractivity contribution in [3.8, 4) is 0 Å². The molecule has 0 spiro atoms. The molecule has 2 heteroatoms. The van der Waals surface area contributed by atoms with Gasteiger partial charge in [0.1, 0.15) is 0 Å². The molecule has 1 nitrogen and oxygen atoms in total. The smallest absolute Gasteiger partial charge is 0.0266 e. The van der Waals surface area contributed by atoms with E-state index in [-0.39, 0.29) is 0 Å². The third kappa shape index (κ3) is 1.69. The van der Waals surface area contributed by atoms with Crippen LogP contribution in [0.5, 0.6) is 0 Å². The summed E-state index contributed by atoms with van der Waals surface area (Å²) in [5.74, 6) is 0. The molecule has 0 radical (unpaired) electrons. The highest BCUT2D eigenvalue weighted by molar-refractivity contribution is 7.99. The normalized spacial score (nSPS) is 32.9. The third-order valence-electron chi connectivity index (χ3n) is 2.11. The molecular formula is C8H15NS. The Hall–Kier alpha value is -0.110. The summed E-state index contributed by atoms with van der Waals surface area (Å²) >= 11 is 1.94. The zero-order valence-corrected chi connectivity index (χ0v) is 7.69. The largest absolute Gasteiger partial charge is 0.378 e. The van der Waals surface area contributed by atoms with Crippen LogP contribution in [0.4, 0.5) is 0 Å². The number of hydrogen-bond donors (Lipinski definition) is 0. The van der Waals surface area contributed by atoms with Gasteiger partial charge in [-0.1, -0.05) is 6.08 Å². The second kappa shape index (κ2) is 3.33. The van der Waals surface area contributed by atoms with E-state index in [0.29, 0.717) is 6.04 Å². The third-order valence-corrected chi connectivity index (χ3v) is 3.06. The van der Waals surface area contributed by atoms with E-state index in [2.05, 4.69) is 37.4 Å². The number of hydrogen-bond acceptors (Lipinski definition) is 2. The van der Waals surface area contributed by atoms with Crippen molar-refractivity contribution in [3.05, 3.63) is 12.3 Å². The Morgan fingerprint density at radius 2 is 2.30 bits per heavy atom. The van der Waals surface area contributed by atoms with Gasteiger partial charge in [0, 0.05) is 18.3 Å². The van der Waals surface area contributed by atoms with Gasteiger partial charge in [-0.2, -0.15) is 11.8 Å². The van der Waals surface area contributed by atoms with Crippen LogP contribution in [0.2, 0.25) is 0 Å². The highest BCUT2D eigenvalue weighted by Crippen LogP contribution is 2.21. The lowest BCUT2D eigenvalue weighted by atomic mass is 10.1. The van der Waals surface area contributed by atoms with Crippen molar-refractivity contribution in [2.24, 2.45) is 0 Å². The molecule has 1 heterocycles. The molecule has 2 atom stereocenters. The Labute approximate surface area is 67.5 Å². The fraction of sp³-hybridized carbons (Fsp3) is 0.750. The van der Waals surface area contributed by atoms with Gasteiger partial charge in [0.15, 0.2) is 0 Å². The minimum Gasteiger partial charge on any atom is -0.378 e. The van der Waals surface area contributed by atoms with Crippen molar-refractivity contribution < 1.29 is 0 Å². The molecule has 0 N–H and O–H groups in total. The highest BCUT2D eigenvalue weighted by atomic mass is 32.2. The molecule has 0 amide bonds. The summed E-state index contributed by atoms with van der Waals surface area (Å²) in [7, 11) is 2.14. The molecule has 0 aliphatic carbocycles. The molecular weight excluding hydrogens is 142 g/mol. The van der Waals surface area contributed by atoms with Crippen LogP contribution in [0.1, 0.15) is 13.3 Å². The maximum absolute atomic E-state index is 2.28. The van der Waals surface area contributed by atoms with Gasteiger partial charge >= 0.3 is 0 Å². The predicted molar refractivity (Wildman–Crippen MR) is 48.3 cm³/mol. The zero-order chi connectivity index (χ0) is 7.56. The Balaban J connectivity index is 2.51. The SMILES string of the molecule is CSC1C=CN(C)C(C)C1. The van der Waals surface area contributed by atoms with E-state index in [9.17, 15) is 0 Å². The first-order valence-electron chi connectivity index (χ1n) is 3.67. The Bertz CT molecular complexity index is 133. The molecule has 0 aromatic heterocycles. The maximum Gasteiger partial charge on any atom is 0.0266 e. The number of rotatable bonds is 1. The van der Waals surface area contributed by atoms with Crippen LogP contribution in [0.25, 0.3) is 0 Å². The fourth-order valence-electron chi connectivity index (χ4n) is 1.13. The highest BCUT2D eigenvalue weighted by Gasteiger charge is 2.15. The lowest BCUT2D eigenvalue weighted by molar-refractivity contribution is 0.322. The van der Waals surface area contributed by atoms with E-state index < -0.39 is 0 Å². The van der Waals surface area contributed by atoms with Crippen molar-refractivity contribution in [1.82, 2.24) is 4.90 Å². The first-order valence-corrected chi connectivity index (χ1v) is 4.96. The summed E-state index contributed by atoms with van der Waals surface area (Å²) < 4.78 is 0. The standard InChI is InChI=1S/C8H15NS/c1-7-6-8(10-3)4-5-9(7)2/h4-5,7-8H,6H2,1-3H3. The summed E-state index contributed by atoms with van der Waals surface area (Å²) in [5.41, 5.74) is 0. The Morgan fingerprint density at radius 3 is 2.80 bits per heavy atom. The molecule has 0 saturated heterocycles. The summed E-state index contributed by atoms with van der Waals surface area (Å²) in [6.45, 7) is 2.27. The summed E-state index contributed by atoms with van der Waals surface area (Å²) in [4.78, 5) is 2.27. The van der Waals surface area contributed by atoms with Gasteiger partial charge in [-0.05, 0) is 25.8 Å². The van der Waals surface area contributed by atoms with Gasteiger partial charge < -0.3 is 4.90 Å². The van der Waals surface area contributed by atoms with Crippen LogP contribution in [0.3, 0.4) is 0 Å². The Kier molecular flexibility index (Phi) is 2.66. The molecule has 0 bridgehead atoms. The lowest BCUT2D eigenvalue weighted by Gasteiger charge is -2.30. The van der Waals surface area contributed by atoms with Crippen LogP contribution in [-0.4, -0.2) is 29.5 Å². The van der Waals surface area contributed by atoms with E-state index in [0.717, 1.165) is 5.25 Å². The second-order valence-corrected chi connectivity index (χ2v) is 3.94. The van der Waals surface area contributed by atoms with Crippen LogP contribution >= 0.6 is 11.8 Å². The summed E-state index contributed by atoms with van der Waals surface area (Å²) in [5, 5.41) is 0.742. The van der Waals surface area contributed by atoms with Crippen LogP contribution in [-0.2, 0) is 0 Å². The van der Waals surface area contributed by atoms with Crippen molar-refractivity contribution in [2.75, 3.05) is 13.3 Å². The predicted octanol–water partition coefficient (Wildman–Crippen LogP) is 1.96. The molecule has 58 valence electrons. The second-order valence-electron chi connectivity index (χ2n) is 2.87. The van der Waals surface area contributed by atoms with Crippen molar-refractivity contribution in [2.45, 2.75) is 24.6 Å². The first kappa shape index (κ1) is 7.99. The Morgan fingerprint density at radius 1 is 1.60 bits per heavy atom. The van der Waals surface area contributed by atoms with Crippen molar-refractivity contribution >= 4 is 11.8 Å². The molecule has 0 aromatic carbocycles. The van der Waals surface area contributed by atoms with Crippen LogP contribution < -0.4 is 0 Å². The van der Waals surface area contributed by atoms with Crippen molar-refractivity contribution in [3.63, 3.8) is 0 Å². The van der Waals surface area contributed by atoms with E-state index in [1.165, 1.54) is 6.42 Å².